The molecule has 0 aromatic heterocycles. The van der Waals surface area contributed by atoms with Crippen LogP contribution in [0.1, 0.15) is 54.5 Å². The third-order valence-electron chi connectivity index (χ3n) is 5.09. The number of aryl methyl sites for hydroxylation is 2. The fraction of sp³-hybridized carbons (Fsp3) is 0.231. The zero-order valence-corrected chi connectivity index (χ0v) is 16.8. The van der Waals surface area contributed by atoms with Gasteiger partial charge in [0.15, 0.2) is 0 Å². The lowest BCUT2D eigenvalue weighted by atomic mass is 9.87. The van der Waals surface area contributed by atoms with Crippen molar-refractivity contribution in [2.75, 3.05) is 0 Å². The summed E-state index contributed by atoms with van der Waals surface area (Å²) in [6.07, 6.45) is 6.02. The molecule has 1 atom stereocenters. The van der Waals surface area contributed by atoms with E-state index in [9.17, 15) is 0 Å². The van der Waals surface area contributed by atoms with Crippen LogP contribution in [-0.4, -0.2) is 0 Å². The van der Waals surface area contributed by atoms with E-state index in [1.165, 1.54) is 39.0 Å². The summed E-state index contributed by atoms with van der Waals surface area (Å²) in [6, 6.07) is 15.4. The molecule has 2 aromatic rings. The van der Waals surface area contributed by atoms with Gasteiger partial charge in [0.1, 0.15) is 0 Å². The quantitative estimate of drug-likeness (QED) is 0.473. The van der Waals surface area contributed by atoms with Crippen molar-refractivity contribution in [3.63, 3.8) is 0 Å². The Morgan fingerprint density at radius 2 is 1.54 bits per heavy atom. The zero-order chi connectivity index (χ0) is 19.3. The van der Waals surface area contributed by atoms with E-state index in [0.29, 0.717) is 5.92 Å². The van der Waals surface area contributed by atoms with Crippen molar-refractivity contribution >= 4 is 11.1 Å². The molecule has 0 amide bonds. The molecule has 0 heterocycles. The van der Waals surface area contributed by atoms with Crippen molar-refractivity contribution in [2.45, 2.75) is 40.5 Å². The van der Waals surface area contributed by atoms with Gasteiger partial charge in [0.25, 0.3) is 0 Å². The Balaban J connectivity index is 2.21. The van der Waals surface area contributed by atoms with E-state index >= 15 is 0 Å². The van der Waals surface area contributed by atoms with E-state index in [-0.39, 0.29) is 0 Å². The van der Waals surface area contributed by atoms with E-state index in [1.807, 2.05) is 12.2 Å². The molecular weight excluding hydrogens is 312 g/mol. The van der Waals surface area contributed by atoms with Crippen molar-refractivity contribution in [1.29, 1.82) is 0 Å². The molecule has 0 radical (unpaired) electrons. The Bertz CT molecular complexity index is 857. The Kier molecular flexibility index (Phi) is 6.58. The first kappa shape index (κ1) is 19.7. The Hall–Kier alpha value is -2.60. The summed E-state index contributed by atoms with van der Waals surface area (Å²) in [4.78, 5) is 0. The molecule has 0 spiro atoms. The lowest BCUT2D eigenvalue weighted by Crippen LogP contribution is -1.98. The van der Waals surface area contributed by atoms with E-state index in [2.05, 4.69) is 96.3 Å². The van der Waals surface area contributed by atoms with Crippen LogP contribution in [0.4, 0.5) is 0 Å². The van der Waals surface area contributed by atoms with Crippen LogP contribution in [0, 0.1) is 13.8 Å². The lowest BCUT2D eigenvalue weighted by Gasteiger charge is -2.17. The highest BCUT2D eigenvalue weighted by Gasteiger charge is 2.12. The van der Waals surface area contributed by atoms with Crippen molar-refractivity contribution < 1.29 is 0 Å². The first-order valence-electron chi connectivity index (χ1n) is 9.18. The highest BCUT2D eigenvalue weighted by Crippen LogP contribution is 2.32. The normalized spacial score (nSPS) is 13.4. The molecule has 0 heteroatoms. The number of benzene rings is 2. The second kappa shape index (κ2) is 8.67. The van der Waals surface area contributed by atoms with Crippen LogP contribution in [0.3, 0.4) is 0 Å². The molecular formula is C26H30. The van der Waals surface area contributed by atoms with E-state index in [1.54, 1.807) is 0 Å². The smallest absolute Gasteiger partial charge is 0.00611 e. The molecule has 0 nitrogen and oxygen atoms in total. The summed E-state index contributed by atoms with van der Waals surface area (Å²) in [5.74, 6) is 0.301. The number of rotatable bonds is 6. The van der Waals surface area contributed by atoms with Gasteiger partial charge in [-0.3, -0.25) is 0 Å². The molecule has 2 rings (SSSR count). The van der Waals surface area contributed by atoms with Gasteiger partial charge < -0.3 is 0 Å². The molecule has 0 N–H and O–H groups in total. The van der Waals surface area contributed by atoms with Crippen molar-refractivity contribution in [3.8, 4) is 0 Å². The zero-order valence-electron chi connectivity index (χ0n) is 16.8. The number of hydrogen-bond acceptors (Lipinski definition) is 0. The topological polar surface area (TPSA) is 0 Å². The Morgan fingerprint density at radius 1 is 0.923 bits per heavy atom. The average molecular weight is 343 g/mol. The molecule has 0 fully saturated rings. The average Bonchev–Trinajstić information content (AvgIpc) is 2.63. The third kappa shape index (κ3) is 4.73. The minimum absolute atomic E-state index is 0.301. The van der Waals surface area contributed by atoms with Gasteiger partial charge >= 0.3 is 0 Å². The van der Waals surface area contributed by atoms with Crippen molar-refractivity contribution in [2.24, 2.45) is 0 Å². The van der Waals surface area contributed by atoms with Gasteiger partial charge in [0.05, 0.1) is 0 Å². The second-order valence-electron chi connectivity index (χ2n) is 7.14. The second-order valence-corrected chi connectivity index (χ2v) is 7.14. The monoisotopic (exact) mass is 342 g/mol. The summed E-state index contributed by atoms with van der Waals surface area (Å²) in [5, 5.41) is 0. The molecule has 134 valence electrons. The number of hydrogen-bond donors (Lipinski definition) is 0. The van der Waals surface area contributed by atoms with Gasteiger partial charge in [0.2, 0.25) is 0 Å². The van der Waals surface area contributed by atoms with Crippen LogP contribution in [-0.2, 0) is 0 Å². The summed E-state index contributed by atoms with van der Waals surface area (Å²) in [7, 11) is 0. The maximum Gasteiger partial charge on any atom is 0.00611 e. The highest BCUT2D eigenvalue weighted by atomic mass is 14.2. The molecule has 2 aromatic carbocycles. The maximum atomic E-state index is 4.37. The fourth-order valence-electron chi connectivity index (χ4n) is 3.09. The third-order valence-corrected chi connectivity index (χ3v) is 5.09. The Labute approximate surface area is 159 Å². The summed E-state index contributed by atoms with van der Waals surface area (Å²) in [5.41, 5.74) is 10.0. The molecule has 0 aliphatic rings. The van der Waals surface area contributed by atoms with E-state index in [4.69, 9.17) is 0 Å². The molecule has 0 bridgehead atoms. The molecule has 0 aliphatic heterocycles. The molecule has 0 saturated heterocycles. The van der Waals surface area contributed by atoms with Gasteiger partial charge in [-0.25, -0.2) is 0 Å². The SMILES string of the molecule is C=C/C=C(C)\C=C(/C)c1ccc(C(=C)C(C)c2ccc(C)c(C)c2)cc1. The minimum Gasteiger partial charge on any atom is -0.0991 e. The van der Waals surface area contributed by atoms with Gasteiger partial charge in [0, 0.05) is 5.92 Å². The molecule has 1 unspecified atom stereocenters. The molecule has 26 heavy (non-hydrogen) atoms. The molecule has 0 saturated carbocycles. The first-order chi connectivity index (χ1) is 12.3. The van der Waals surface area contributed by atoms with Gasteiger partial charge in [-0.15, -0.1) is 0 Å². The molecule has 0 aliphatic carbocycles. The maximum absolute atomic E-state index is 4.37. The van der Waals surface area contributed by atoms with E-state index in [0.717, 1.165) is 5.57 Å². The van der Waals surface area contributed by atoms with Crippen LogP contribution in [0.15, 0.2) is 79.4 Å². The van der Waals surface area contributed by atoms with Crippen LogP contribution >= 0.6 is 0 Å². The Morgan fingerprint density at radius 3 is 2.12 bits per heavy atom. The van der Waals surface area contributed by atoms with Crippen LogP contribution in [0.5, 0.6) is 0 Å². The number of allylic oxidation sites excluding steroid dienone is 6. The first-order valence-corrected chi connectivity index (χ1v) is 9.18. The van der Waals surface area contributed by atoms with Gasteiger partial charge in [-0.05, 0) is 66.7 Å². The lowest BCUT2D eigenvalue weighted by molar-refractivity contribution is 0.985. The standard InChI is InChI=1S/C26H30/c1-8-9-18(2)16-21(5)24-12-14-25(15-13-24)22(6)23(7)26-11-10-19(3)20(4)17-26/h8-17,23H,1,6H2,2-5,7H3/b18-9-,21-16+. The van der Waals surface area contributed by atoms with Crippen molar-refractivity contribution in [3.05, 3.63) is 107 Å². The summed E-state index contributed by atoms with van der Waals surface area (Å²) >= 11 is 0. The fourth-order valence-corrected chi connectivity index (χ4v) is 3.09. The van der Waals surface area contributed by atoms with E-state index < -0.39 is 0 Å². The van der Waals surface area contributed by atoms with Gasteiger partial charge in [-0.2, -0.15) is 0 Å². The van der Waals surface area contributed by atoms with Crippen LogP contribution < -0.4 is 0 Å². The summed E-state index contributed by atoms with van der Waals surface area (Å²) < 4.78 is 0. The highest BCUT2D eigenvalue weighted by molar-refractivity contribution is 5.73. The van der Waals surface area contributed by atoms with Crippen LogP contribution in [0.25, 0.3) is 11.1 Å². The summed E-state index contributed by atoms with van der Waals surface area (Å²) in [6.45, 7) is 18.9. The predicted molar refractivity (Wildman–Crippen MR) is 117 cm³/mol. The largest absolute Gasteiger partial charge is 0.0991 e. The predicted octanol–water partition coefficient (Wildman–Crippen LogP) is 7.66. The van der Waals surface area contributed by atoms with Crippen molar-refractivity contribution in [1.82, 2.24) is 0 Å². The minimum atomic E-state index is 0.301. The van der Waals surface area contributed by atoms with Gasteiger partial charge in [-0.1, -0.05) is 86.3 Å². The van der Waals surface area contributed by atoms with Crippen LogP contribution in [0.2, 0.25) is 0 Å².